The standard InChI is InChI=1S/C19H28N2O5S/c1-2-25-19(22)16-6-8-18(9-7-16)27(23,24)21-12-10-20(11-13-21)15-17-5-3-4-14-26-17/h6-9,17H,2-5,10-15H2,1H3/p+1/t17-/m1/s1. The van der Waals surface area contributed by atoms with Gasteiger partial charge in [-0.15, -0.1) is 0 Å². The summed E-state index contributed by atoms with van der Waals surface area (Å²) in [5.74, 6) is -0.441. The zero-order chi connectivity index (χ0) is 19.3. The van der Waals surface area contributed by atoms with Gasteiger partial charge in [0.1, 0.15) is 12.6 Å². The number of sulfonamides is 1. The number of hydrogen-bond donors (Lipinski definition) is 1. The van der Waals surface area contributed by atoms with Crippen LogP contribution in [0.4, 0.5) is 0 Å². The number of esters is 1. The lowest BCUT2D eigenvalue weighted by molar-refractivity contribution is -0.907. The van der Waals surface area contributed by atoms with Crippen molar-refractivity contribution in [1.82, 2.24) is 4.31 Å². The molecular formula is C19H29N2O5S+. The second-order valence-electron chi connectivity index (χ2n) is 7.09. The largest absolute Gasteiger partial charge is 0.462 e. The van der Waals surface area contributed by atoms with Gasteiger partial charge in [0.25, 0.3) is 0 Å². The van der Waals surface area contributed by atoms with Crippen molar-refractivity contribution in [3.8, 4) is 0 Å². The summed E-state index contributed by atoms with van der Waals surface area (Å²) >= 11 is 0. The number of rotatable bonds is 6. The first-order valence-electron chi connectivity index (χ1n) is 9.73. The fraction of sp³-hybridized carbons (Fsp3) is 0.632. The van der Waals surface area contributed by atoms with Gasteiger partial charge < -0.3 is 14.4 Å². The molecule has 0 radical (unpaired) electrons. The van der Waals surface area contributed by atoms with Gasteiger partial charge in [-0.1, -0.05) is 0 Å². The van der Waals surface area contributed by atoms with Crippen LogP contribution in [0, 0.1) is 0 Å². The summed E-state index contributed by atoms with van der Waals surface area (Å²) in [6.07, 6.45) is 3.79. The molecule has 1 N–H and O–H groups in total. The van der Waals surface area contributed by atoms with Crippen LogP contribution in [0.15, 0.2) is 29.2 Å². The van der Waals surface area contributed by atoms with Crippen LogP contribution < -0.4 is 4.90 Å². The summed E-state index contributed by atoms with van der Waals surface area (Å²) in [5.41, 5.74) is 0.359. The molecule has 2 aliphatic heterocycles. The molecule has 2 heterocycles. The van der Waals surface area contributed by atoms with Crippen LogP contribution in [0.1, 0.15) is 36.5 Å². The van der Waals surface area contributed by atoms with Crippen molar-refractivity contribution in [2.75, 3.05) is 45.9 Å². The number of carbonyl (C=O) groups excluding carboxylic acids is 1. The molecule has 2 saturated heterocycles. The van der Waals surface area contributed by atoms with E-state index in [2.05, 4.69) is 0 Å². The first-order valence-corrected chi connectivity index (χ1v) is 11.2. The van der Waals surface area contributed by atoms with E-state index in [1.807, 2.05) is 0 Å². The zero-order valence-corrected chi connectivity index (χ0v) is 16.7. The number of piperazine rings is 1. The average molecular weight is 398 g/mol. The van der Waals surface area contributed by atoms with Crippen LogP contribution in [0.2, 0.25) is 0 Å². The van der Waals surface area contributed by atoms with E-state index >= 15 is 0 Å². The van der Waals surface area contributed by atoms with Gasteiger partial charge in [-0.3, -0.25) is 0 Å². The Labute approximate surface area is 161 Å². The van der Waals surface area contributed by atoms with Crippen molar-refractivity contribution in [3.05, 3.63) is 29.8 Å². The highest BCUT2D eigenvalue weighted by atomic mass is 32.2. The minimum absolute atomic E-state index is 0.217. The van der Waals surface area contributed by atoms with Crippen LogP contribution in [0.3, 0.4) is 0 Å². The molecule has 0 aliphatic carbocycles. The molecule has 7 nitrogen and oxygen atoms in total. The van der Waals surface area contributed by atoms with E-state index in [1.54, 1.807) is 6.92 Å². The highest BCUT2D eigenvalue weighted by Gasteiger charge is 2.31. The van der Waals surface area contributed by atoms with E-state index in [0.29, 0.717) is 24.8 Å². The second-order valence-corrected chi connectivity index (χ2v) is 9.03. The molecule has 2 fully saturated rings. The van der Waals surface area contributed by atoms with Crippen LogP contribution in [-0.2, 0) is 19.5 Å². The van der Waals surface area contributed by atoms with Crippen LogP contribution >= 0.6 is 0 Å². The van der Waals surface area contributed by atoms with Gasteiger partial charge in [0, 0.05) is 6.61 Å². The van der Waals surface area contributed by atoms with E-state index in [4.69, 9.17) is 9.47 Å². The molecule has 0 saturated carbocycles. The molecule has 0 aromatic heterocycles. The third-order valence-electron chi connectivity index (χ3n) is 5.22. The third kappa shape index (κ3) is 5.07. The maximum absolute atomic E-state index is 12.9. The molecule has 1 atom stereocenters. The first kappa shape index (κ1) is 20.3. The van der Waals surface area contributed by atoms with Gasteiger partial charge in [0.2, 0.25) is 10.0 Å². The lowest BCUT2D eigenvalue weighted by Crippen LogP contribution is -3.15. The maximum Gasteiger partial charge on any atom is 0.338 e. The first-order chi connectivity index (χ1) is 13.0. The van der Waals surface area contributed by atoms with E-state index < -0.39 is 16.0 Å². The fourth-order valence-electron chi connectivity index (χ4n) is 3.66. The van der Waals surface area contributed by atoms with Crippen LogP contribution in [0.5, 0.6) is 0 Å². The SMILES string of the molecule is CCOC(=O)c1ccc(S(=O)(=O)N2CC[NH+](C[C@H]3CCCCO3)CC2)cc1. The maximum atomic E-state index is 12.9. The molecule has 1 aromatic carbocycles. The number of hydrogen-bond acceptors (Lipinski definition) is 5. The van der Waals surface area contributed by atoms with Crippen LogP contribution in [-0.4, -0.2) is 70.7 Å². The van der Waals surface area contributed by atoms with E-state index in [9.17, 15) is 13.2 Å². The summed E-state index contributed by atoms with van der Waals surface area (Å²) in [5, 5.41) is 0. The minimum atomic E-state index is -3.54. The Morgan fingerprint density at radius 1 is 1.22 bits per heavy atom. The minimum Gasteiger partial charge on any atom is -0.462 e. The Hall–Kier alpha value is -1.48. The van der Waals surface area contributed by atoms with Crippen molar-refractivity contribution in [2.45, 2.75) is 37.2 Å². The number of quaternary nitrogens is 1. The molecule has 1 aromatic rings. The van der Waals surface area contributed by atoms with Crippen LogP contribution in [0.25, 0.3) is 0 Å². The number of nitrogens with zero attached hydrogens (tertiary/aromatic N) is 1. The van der Waals surface area contributed by atoms with Crippen molar-refractivity contribution >= 4 is 16.0 Å². The second kappa shape index (κ2) is 9.14. The molecule has 27 heavy (non-hydrogen) atoms. The summed E-state index contributed by atoms with van der Waals surface area (Å²) in [6.45, 7) is 6.42. The Bertz CT molecular complexity index is 721. The monoisotopic (exact) mass is 397 g/mol. The predicted molar refractivity (Wildman–Crippen MR) is 100 cm³/mol. The van der Waals surface area contributed by atoms with Gasteiger partial charge in [-0.05, 0) is 50.5 Å². The third-order valence-corrected chi connectivity index (χ3v) is 7.14. The molecule has 8 heteroatoms. The summed E-state index contributed by atoms with van der Waals surface area (Å²) in [6, 6.07) is 5.98. The lowest BCUT2D eigenvalue weighted by atomic mass is 10.1. The highest BCUT2D eigenvalue weighted by Crippen LogP contribution is 2.17. The van der Waals surface area contributed by atoms with Crippen molar-refractivity contribution in [2.24, 2.45) is 0 Å². The number of nitrogens with one attached hydrogen (secondary N) is 1. The molecule has 0 spiro atoms. The summed E-state index contributed by atoms with van der Waals surface area (Å²) in [7, 11) is -3.54. The molecule has 0 unspecified atom stereocenters. The summed E-state index contributed by atoms with van der Waals surface area (Å²) < 4.78 is 38.0. The predicted octanol–water partition coefficient (Wildman–Crippen LogP) is 0.322. The molecular weight excluding hydrogens is 368 g/mol. The fourth-order valence-corrected chi connectivity index (χ4v) is 5.11. The molecule has 0 bridgehead atoms. The summed E-state index contributed by atoms with van der Waals surface area (Å²) in [4.78, 5) is 13.3. The Morgan fingerprint density at radius 2 is 1.93 bits per heavy atom. The average Bonchev–Trinajstić information content (AvgIpc) is 2.69. The van der Waals surface area contributed by atoms with Gasteiger partial charge >= 0.3 is 5.97 Å². The molecule has 2 aliphatic rings. The van der Waals surface area contributed by atoms with Crippen molar-refractivity contribution < 1.29 is 27.6 Å². The molecule has 150 valence electrons. The zero-order valence-electron chi connectivity index (χ0n) is 15.9. The normalized spacial score (nSPS) is 22.5. The van der Waals surface area contributed by atoms with E-state index in [1.165, 1.54) is 39.9 Å². The van der Waals surface area contributed by atoms with Gasteiger partial charge in [-0.25, -0.2) is 13.2 Å². The smallest absolute Gasteiger partial charge is 0.338 e. The topological polar surface area (TPSA) is 77.4 Å². The van der Waals surface area contributed by atoms with E-state index in [-0.39, 0.29) is 11.5 Å². The van der Waals surface area contributed by atoms with Gasteiger partial charge in [-0.2, -0.15) is 4.31 Å². The highest BCUT2D eigenvalue weighted by molar-refractivity contribution is 7.89. The lowest BCUT2D eigenvalue weighted by Gasteiger charge is -2.34. The van der Waals surface area contributed by atoms with Crippen molar-refractivity contribution in [1.29, 1.82) is 0 Å². The molecule has 0 amide bonds. The molecule has 3 rings (SSSR count). The quantitative estimate of drug-likeness (QED) is 0.700. The number of ether oxygens (including phenoxy) is 2. The Kier molecular flexibility index (Phi) is 6.86. The Morgan fingerprint density at radius 3 is 2.52 bits per heavy atom. The van der Waals surface area contributed by atoms with Gasteiger partial charge in [0.15, 0.2) is 0 Å². The van der Waals surface area contributed by atoms with Crippen molar-refractivity contribution in [3.63, 3.8) is 0 Å². The van der Waals surface area contributed by atoms with Gasteiger partial charge in [0.05, 0.1) is 43.2 Å². The van der Waals surface area contributed by atoms with E-state index in [0.717, 1.165) is 39.1 Å². The number of carbonyl (C=O) groups is 1. The number of benzene rings is 1. The Balaban J connectivity index is 1.57.